The third kappa shape index (κ3) is 2.42. The first-order valence-corrected chi connectivity index (χ1v) is 6.69. The molecule has 1 aliphatic rings. The van der Waals surface area contributed by atoms with Gasteiger partial charge in [0.1, 0.15) is 5.82 Å². The van der Waals surface area contributed by atoms with Gasteiger partial charge in [-0.15, -0.1) is 0 Å². The van der Waals surface area contributed by atoms with Crippen molar-refractivity contribution in [2.75, 3.05) is 0 Å². The van der Waals surface area contributed by atoms with Crippen LogP contribution in [0.5, 0.6) is 0 Å². The summed E-state index contributed by atoms with van der Waals surface area (Å²) >= 11 is 0. The van der Waals surface area contributed by atoms with E-state index in [1.54, 1.807) is 0 Å². The van der Waals surface area contributed by atoms with Crippen molar-refractivity contribution in [2.24, 2.45) is 5.73 Å². The molecule has 2 aromatic rings. The van der Waals surface area contributed by atoms with Crippen LogP contribution in [0.15, 0.2) is 28.8 Å². The second-order valence-corrected chi connectivity index (χ2v) is 5.37. The van der Waals surface area contributed by atoms with Gasteiger partial charge in [0, 0.05) is 5.56 Å². The van der Waals surface area contributed by atoms with E-state index in [0.717, 1.165) is 37.1 Å². The largest absolute Gasteiger partial charge is 0.350 e. The van der Waals surface area contributed by atoms with Gasteiger partial charge in [-0.3, -0.25) is 0 Å². The number of aromatic nitrogens is 2. The fraction of sp³-hybridized carbons (Fsp3) is 0.429. The molecule has 1 saturated carbocycles. The predicted octanol–water partition coefficient (Wildman–Crippen LogP) is 3.08. The van der Waals surface area contributed by atoms with Crippen LogP contribution in [0, 0.1) is 5.82 Å². The fourth-order valence-electron chi connectivity index (χ4n) is 2.57. The van der Waals surface area contributed by atoms with E-state index < -0.39 is 28.7 Å². The molecule has 0 saturated heterocycles. The lowest BCUT2D eigenvalue weighted by molar-refractivity contribution is 0.00756. The third-order valence-corrected chi connectivity index (χ3v) is 3.84. The minimum atomic E-state index is -3.48. The van der Waals surface area contributed by atoms with Crippen LogP contribution in [0.1, 0.15) is 43.0 Å². The molecule has 1 aromatic carbocycles. The van der Waals surface area contributed by atoms with Gasteiger partial charge in [-0.05, 0) is 37.1 Å². The summed E-state index contributed by atoms with van der Waals surface area (Å²) in [4.78, 5) is 3.79. The number of alkyl halides is 2. The molecule has 0 radical (unpaired) electrons. The van der Waals surface area contributed by atoms with Gasteiger partial charge in [0.05, 0.1) is 5.54 Å². The first kappa shape index (κ1) is 14.1. The molecule has 0 amide bonds. The van der Waals surface area contributed by atoms with Crippen LogP contribution in [0.3, 0.4) is 0 Å². The van der Waals surface area contributed by atoms with Crippen LogP contribution >= 0.6 is 0 Å². The molecule has 112 valence electrons. The van der Waals surface area contributed by atoms with Crippen molar-refractivity contribution in [1.29, 1.82) is 0 Å². The van der Waals surface area contributed by atoms with Crippen LogP contribution < -0.4 is 5.73 Å². The van der Waals surface area contributed by atoms with Gasteiger partial charge < -0.3 is 10.3 Å². The van der Waals surface area contributed by atoms with Crippen molar-refractivity contribution in [2.45, 2.75) is 37.1 Å². The molecule has 7 heteroatoms. The maximum Gasteiger partial charge on any atom is 0.350 e. The smallest absolute Gasteiger partial charge is 0.332 e. The van der Waals surface area contributed by atoms with E-state index in [9.17, 15) is 13.2 Å². The highest BCUT2D eigenvalue weighted by Crippen LogP contribution is 2.38. The molecule has 21 heavy (non-hydrogen) atoms. The van der Waals surface area contributed by atoms with Gasteiger partial charge in [0.15, 0.2) is 5.82 Å². The van der Waals surface area contributed by atoms with Crippen molar-refractivity contribution in [3.05, 3.63) is 47.4 Å². The molecule has 3 rings (SSSR count). The molecular formula is C14H14F3N3O. The zero-order valence-corrected chi connectivity index (χ0v) is 11.2. The summed E-state index contributed by atoms with van der Waals surface area (Å²) in [5, 5.41) is 3.61. The molecule has 1 aliphatic carbocycles. The first-order chi connectivity index (χ1) is 9.92. The summed E-state index contributed by atoms with van der Waals surface area (Å²) < 4.78 is 46.1. The molecular weight excluding hydrogens is 283 g/mol. The summed E-state index contributed by atoms with van der Waals surface area (Å²) in [5.41, 5.74) is 4.92. The number of nitrogens with two attached hydrogens (primary N) is 1. The van der Waals surface area contributed by atoms with E-state index in [1.165, 1.54) is 0 Å². The number of hydrogen-bond donors (Lipinski definition) is 1. The highest BCUT2D eigenvalue weighted by molar-refractivity contribution is 5.26. The van der Waals surface area contributed by atoms with Crippen LogP contribution in [-0.2, 0) is 11.5 Å². The Hall–Kier alpha value is -1.89. The van der Waals surface area contributed by atoms with E-state index in [-0.39, 0.29) is 5.82 Å². The van der Waals surface area contributed by atoms with Crippen molar-refractivity contribution in [3.63, 3.8) is 0 Å². The monoisotopic (exact) mass is 297 g/mol. The maximum atomic E-state index is 14.3. The number of hydrogen-bond acceptors (Lipinski definition) is 4. The standard InChI is InChI=1S/C14H14F3N3O/c15-10-5-3-9(4-6-10)14(16,17)12-19-11(20-21-12)13(18)7-1-2-8-13/h3-6H,1-2,7-8,18H2. The molecule has 1 aromatic heterocycles. The molecule has 0 bridgehead atoms. The highest BCUT2D eigenvalue weighted by atomic mass is 19.3. The molecule has 0 spiro atoms. The van der Waals surface area contributed by atoms with Crippen LogP contribution in [0.4, 0.5) is 13.2 Å². The molecule has 1 fully saturated rings. The first-order valence-electron chi connectivity index (χ1n) is 6.69. The molecule has 0 aliphatic heterocycles. The Kier molecular flexibility index (Phi) is 3.24. The van der Waals surface area contributed by atoms with Crippen molar-refractivity contribution in [1.82, 2.24) is 10.1 Å². The van der Waals surface area contributed by atoms with E-state index >= 15 is 0 Å². The van der Waals surface area contributed by atoms with Gasteiger partial charge in [-0.1, -0.05) is 18.0 Å². The lowest BCUT2D eigenvalue weighted by Gasteiger charge is -2.18. The molecule has 0 atom stereocenters. The van der Waals surface area contributed by atoms with Crippen molar-refractivity contribution in [3.8, 4) is 0 Å². The predicted molar refractivity (Wildman–Crippen MR) is 68.0 cm³/mol. The van der Waals surface area contributed by atoms with Crippen LogP contribution in [0.2, 0.25) is 0 Å². The average Bonchev–Trinajstić information content (AvgIpc) is 3.09. The van der Waals surface area contributed by atoms with Crippen LogP contribution in [0.25, 0.3) is 0 Å². The summed E-state index contributed by atoms with van der Waals surface area (Å²) in [6.07, 6.45) is 3.12. The second kappa shape index (κ2) is 4.84. The minimum Gasteiger partial charge on any atom is -0.332 e. The van der Waals surface area contributed by atoms with Crippen molar-refractivity contribution < 1.29 is 17.7 Å². The molecule has 4 nitrogen and oxygen atoms in total. The van der Waals surface area contributed by atoms with Gasteiger partial charge in [0.2, 0.25) is 0 Å². The summed E-state index contributed by atoms with van der Waals surface area (Å²) in [5.74, 6) is -4.78. The average molecular weight is 297 g/mol. The van der Waals surface area contributed by atoms with Gasteiger partial charge in [-0.25, -0.2) is 4.39 Å². The summed E-state index contributed by atoms with van der Waals surface area (Å²) in [7, 11) is 0. The summed E-state index contributed by atoms with van der Waals surface area (Å²) in [6, 6.07) is 3.91. The Morgan fingerprint density at radius 2 is 1.76 bits per heavy atom. The normalized spacial score (nSPS) is 18.1. The van der Waals surface area contributed by atoms with Gasteiger partial charge in [0.25, 0.3) is 0 Å². The third-order valence-electron chi connectivity index (χ3n) is 3.84. The van der Waals surface area contributed by atoms with Gasteiger partial charge in [-0.2, -0.15) is 13.8 Å². The SMILES string of the molecule is NC1(c2noc(C(F)(F)c3ccc(F)cc3)n2)CCCC1. The van der Waals surface area contributed by atoms with E-state index in [1.807, 2.05) is 0 Å². The molecule has 2 N–H and O–H groups in total. The number of benzene rings is 1. The highest BCUT2D eigenvalue weighted by Gasteiger charge is 2.43. The number of halogens is 3. The zero-order valence-electron chi connectivity index (χ0n) is 11.2. The van der Waals surface area contributed by atoms with Crippen LogP contribution in [-0.4, -0.2) is 10.1 Å². The summed E-state index contributed by atoms with van der Waals surface area (Å²) in [6.45, 7) is 0. The van der Waals surface area contributed by atoms with E-state index in [4.69, 9.17) is 10.3 Å². The number of rotatable bonds is 3. The lowest BCUT2D eigenvalue weighted by Crippen LogP contribution is -2.34. The lowest BCUT2D eigenvalue weighted by atomic mass is 9.98. The van der Waals surface area contributed by atoms with Crippen molar-refractivity contribution >= 4 is 0 Å². The fourth-order valence-corrected chi connectivity index (χ4v) is 2.57. The number of nitrogens with zero attached hydrogens (tertiary/aromatic N) is 2. The minimum absolute atomic E-state index is 0.108. The van der Waals surface area contributed by atoms with Gasteiger partial charge >= 0.3 is 11.8 Å². The molecule has 0 unspecified atom stereocenters. The Morgan fingerprint density at radius 1 is 1.14 bits per heavy atom. The maximum absolute atomic E-state index is 14.3. The zero-order chi connectivity index (χ0) is 15.1. The van der Waals surface area contributed by atoms with E-state index in [0.29, 0.717) is 12.8 Å². The quantitative estimate of drug-likeness (QED) is 0.945. The Morgan fingerprint density at radius 3 is 2.38 bits per heavy atom. The van der Waals surface area contributed by atoms with E-state index in [2.05, 4.69) is 10.1 Å². The Balaban J connectivity index is 1.93. The Bertz CT molecular complexity index is 633. The Labute approximate surface area is 119 Å². The molecule has 1 heterocycles. The second-order valence-electron chi connectivity index (χ2n) is 5.37. The topological polar surface area (TPSA) is 64.9 Å².